The summed E-state index contributed by atoms with van der Waals surface area (Å²) in [5, 5.41) is 7.83. The number of morpholine rings is 1. The molecule has 0 spiro atoms. The minimum absolute atomic E-state index is 0.231. The molecule has 1 N–H and O–H groups in total. The molecule has 0 aromatic carbocycles. The van der Waals surface area contributed by atoms with Crippen molar-refractivity contribution >= 4 is 11.9 Å². The topological polar surface area (TPSA) is 76.2 Å². The first-order valence-corrected chi connectivity index (χ1v) is 11.3. The van der Waals surface area contributed by atoms with Crippen LogP contribution < -0.4 is 4.90 Å². The molecule has 2 aromatic heterocycles. The van der Waals surface area contributed by atoms with Crippen LogP contribution in [0.4, 0.5) is 5.82 Å². The van der Waals surface area contributed by atoms with Gasteiger partial charge >= 0.3 is 0 Å². The van der Waals surface area contributed by atoms with Crippen LogP contribution in [0.2, 0.25) is 0 Å². The lowest BCUT2D eigenvalue weighted by molar-refractivity contribution is 0.101. The number of anilines is 1. The lowest BCUT2D eigenvalue weighted by Crippen LogP contribution is -2.36. The highest BCUT2D eigenvalue weighted by molar-refractivity contribution is 5.74. The number of allylic oxidation sites excluding steroid dienone is 1. The summed E-state index contributed by atoms with van der Waals surface area (Å²) in [4.78, 5) is 11.2. The van der Waals surface area contributed by atoms with E-state index in [0.717, 1.165) is 73.4 Å². The van der Waals surface area contributed by atoms with Crippen molar-refractivity contribution in [3.63, 3.8) is 0 Å². The van der Waals surface area contributed by atoms with Gasteiger partial charge in [-0.1, -0.05) is 26.7 Å². The maximum absolute atomic E-state index is 6.35. The molecule has 2 aliphatic rings. The third-order valence-corrected chi connectivity index (χ3v) is 5.95. The number of aromatic nitrogens is 4. The monoisotopic (exact) mass is 411 g/mol. The van der Waals surface area contributed by atoms with Crippen molar-refractivity contribution in [3.8, 4) is 11.4 Å². The Morgan fingerprint density at radius 3 is 2.90 bits per heavy atom. The number of aromatic amines is 1. The van der Waals surface area contributed by atoms with E-state index in [-0.39, 0.29) is 6.10 Å². The first-order valence-electron chi connectivity index (χ1n) is 11.3. The van der Waals surface area contributed by atoms with Gasteiger partial charge in [-0.25, -0.2) is 9.97 Å². The van der Waals surface area contributed by atoms with Crippen LogP contribution in [0.3, 0.4) is 0 Å². The number of ether oxygens (including phenoxy) is 2. The van der Waals surface area contributed by atoms with Gasteiger partial charge in [-0.2, -0.15) is 5.10 Å². The summed E-state index contributed by atoms with van der Waals surface area (Å²) in [5.74, 6) is 2.32. The third-order valence-electron chi connectivity index (χ3n) is 5.95. The maximum atomic E-state index is 6.35. The normalized spacial score (nSPS) is 19.9. The summed E-state index contributed by atoms with van der Waals surface area (Å²) in [7, 11) is 0. The molecule has 2 aromatic rings. The second-order valence-corrected chi connectivity index (χ2v) is 8.40. The Morgan fingerprint density at radius 2 is 2.10 bits per heavy atom. The molecule has 2 unspecified atom stereocenters. The van der Waals surface area contributed by atoms with E-state index in [2.05, 4.69) is 51.9 Å². The van der Waals surface area contributed by atoms with Gasteiger partial charge in [0.05, 0.1) is 25.0 Å². The molecule has 2 atom stereocenters. The van der Waals surface area contributed by atoms with E-state index < -0.39 is 0 Å². The number of fused-ring (bicyclic) bond motifs is 1. The lowest BCUT2D eigenvalue weighted by Gasteiger charge is -2.27. The van der Waals surface area contributed by atoms with Crippen LogP contribution in [0.1, 0.15) is 57.7 Å². The molecule has 30 heavy (non-hydrogen) atoms. The van der Waals surface area contributed by atoms with Gasteiger partial charge < -0.3 is 14.4 Å². The number of rotatable bonds is 8. The quantitative estimate of drug-likeness (QED) is 0.656. The number of H-pyrrole nitrogens is 1. The second-order valence-electron chi connectivity index (χ2n) is 8.40. The minimum Gasteiger partial charge on any atom is -0.495 e. The van der Waals surface area contributed by atoms with E-state index in [0.29, 0.717) is 5.92 Å². The van der Waals surface area contributed by atoms with Crippen molar-refractivity contribution in [3.05, 3.63) is 29.4 Å². The molecule has 4 rings (SSSR count). The van der Waals surface area contributed by atoms with Gasteiger partial charge in [-0.3, -0.25) is 5.10 Å². The average molecular weight is 412 g/mol. The number of hydrogen-bond donors (Lipinski definition) is 1. The molecule has 1 aliphatic heterocycles. The van der Waals surface area contributed by atoms with Crippen molar-refractivity contribution in [1.82, 2.24) is 20.2 Å². The molecule has 0 amide bonds. The first kappa shape index (κ1) is 20.8. The van der Waals surface area contributed by atoms with Crippen LogP contribution in [0, 0.1) is 5.92 Å². The zero-order valence-electron chi connectivity index (χ0n) is 18.4. The van der Waals surface area contributed by atoms with Crippen LogP contribution in [-0.2, 0) is 15.9 Å². The number of hydrogen-bond acceptors (Lipinski definition) is 6. The zero-order valence-corrected chi connectivity index (χ0v) is 18.4. The van der Waals surface area contributed by atoms with Crippen LogP contribution in [0.25, 0.3) is 17.5 Å². The van der Waals surface area contributed by atoms with Crippen molar-refractivity contribution in [2.45, 2.75) is 59.0 Å². The lowest BCUT2D eigenvalue weighted by atomic mass is 9.92. The van der Waals surface area contributed by atoms with Crippen LogP contribution >= 0.6 is 0 Å². The Hall–Kier alpha value is -2.41. The van der Waals surface area contributed by atoms with E-state index in [1.165, 1.54) is 19.3 Å². The second kappa shape index (κ2) is 9.60. The largest absolute Gasteiger partial charge is 0.495 e. The van der Waals surface area contributed by atoms with Gasteiger partial charge in [-0.05, 0) is 32.3 Å². The summed E-state index contributed by atoms with van der Waals surface area (Å²) >= 11 is 0. The fraction of sp³-hybridized carbons (Fsp3) is 0.609. The highest BCUT2D eigenvalue weighted by Gasteiger charge is 2.26. The predicted octanol–water partition coefficient (Wildman–Crippen LogP) is 4.22. The molecule has 1 fully saturated rings. The van der Waals surface area contributed by atoms with Gasteiger partial charge in [0.1, 0.15) is 23.6 Å². The summed E-state index contributed by atoms with van der Waals surface area (Å²) < 4.78 is 11.8. The molecule has 1 aliphatic carbocycles. The Kier molecular flexibility index (Phi) is 6.67. The summed E-state index contributed by atoms with van der Waals surface area (Å²) in [5.41, 5.74) is 3.95. The standard InChI is InChI=1S/C23H33N5O2/c1-4-5-6-7-17(3)30-21-13-18-19(12-16(21)2)26-27-23(18)20-14-22(25-15-24-20)28-8-10-29-11-9-28/h13-17H,4-12H2,1-3H3,(H,26,27). The number of unbranched alkanes of at least 4 members (excludes halogenated alkanes) is 2. The Morgan fingerprint density at radius 1 is 1.27 bits per heavy atom. The SMILES string of the molecule is CCCCCC(C)OC1=Cc2c(-c3cc(N4CCOCC4)ncn3)n[nH]c2CC1C. The van der Waals surface area contributed by atoms with E-state index in [1.807, 2.05) is 6.07 Å². The molecule has 162 valence electrons. The highest BCUT2D eigenvalue weighted by Crippen LogP contribution is 2.34. The molecular formula is C23H33N5O2. The predicted molar refractivity (Wildman–Crippen MR) is 118 cm³/mol. The average Bonchev–Trinajstić information content (AvgIpc) is 3.17. The van der Waals surface area contributed by atoms with E-state index >= 15 is 0 Å². The van der Waals surface area contributed by atoms with Gasteiger partial charge in [0.25, 0.3) is 0 Å². The molecule has 3 heterocycles. The van der Waals surface area contributed by atoms with Crippen molar-refractivity contribution < 1.29 is 9.47 Å². The first-order chi connectivity index (χ1) is 14.7. The fourth-order valence-corrected chi connectivity index (χ4v) is 4.15. The molecule has 0 radical (unpaired) electrons. The minimum atomic E-state index is 0.231. The zero-order chi connectivity index (χ0) is 20.9. The third kappa shape index (κ3) is 4.67. The molecule has 7 heteroatoms. The molecule has 1 saturated heterocycles. The van der Waals surface area contributed by atoms with Crippen molar-refractivity contribution in [1.29, 1.82) is 0 Å². The molecule has 7 nitrogen and oxygen atoms in total. The Labute approximate surface area is 178 Å². The Bertz CT molecular complexity index is 872. The summed E-state index contributed by atoms with van der Waals surface area (Å²) in [6.45, 7) is 9.78. The van der Waals surface area contributed by atoms with Gasteiger partial charge in [0.15, 0.2) is 0 Å². The van der Waals surface area contributed by atoms with E-state index in [4.69, 9.17) is 9.47 Å². The number of nitrogens with zero attached hydrogens (tertiary/aromatic N) is 4. The molecule has 0 saturated carbocycles. The highest BCUT2D eigenvalue weighted by atomic mass is 16.5. The molecular weight excluding hydrogens is 378 g/mol. The van der Waals surface area contributed by atoms with Crippen LogP contribution in [0.5, 0.6) is 0 Å². The summed E-state index contributed by atoms with van der Waals surface area (Å²) in [6, 6.07) is 2.03. The fourth-order valence-electron chi connectivity index (χ4n) is 4.15. The van der Waals surface area contributed by atoms with E-state index in [9.17, 15) is 0 Å². The van der Waals surface area contributed by atoms with Crippen molar-refractivity contribution in [2.24, 2.45) is 5.92 Å². The maximum Gasteiger partial charge on any atom is 0.132 e. The van der Waals surface area contributed by atoms with Gasteiger partial charge in [-0.15, -0.1) is 0 Å². The Balaban J connectivity index is 1.55. The smallest absolute Gasteiger partial charge is 0.132 e. The van der Waals surface area contributed by atoms with E-state index in [1.54, 1.807) is 6.33 Å². The van der Waals surface area contributed by atoms with Gasteiger partial charge in [0, 0.05) is 36.3 Å². The number of nitrogens with one attached hydrogen (secondary N) is 1. The van der Waals surface area contributed by atoms with Crippen LogP contribution in [0.15, 0.2) is 18.2 Å². The summed E-state index contributed by atoms with van der Waals surface area (Å²) in [6.07, 6.45) is 9.73. The van der Waals surface area contributed by atoms with Crippen molar-refractivity contribution in [2.75, 3.05) is 31.2 Å². The molecule has 0 bridgehead atoms. The van der Waals surface area contributed by atoms with Gasteiger partial charge in [0.2, 0.25) is 0 Å². The van der Waals surface area contributed by atoms with Crippen LogP contribution in [-0.4, -0.2) is 52.6 Å².